The summed E-state index contributed by atoms with van der Waals surface area (Å²) in [5, 5.41) is 3.28. The zero-order valence-corrected chi connectivity index (χ0v) is 9.95. The van der Waals surface area contributed by atoms with Gasteiger partial charge >= 0.3 is 0 Å². The SMILES string of the molecule is Fc1cccc2c1NCC2C1CC2CCC1C2. The molecule has 1 aliphatic heterocycles. The Labute approximate surface area is 101 Å². The first kappa shape index (κ1) is 9.93. The molecule has 3 aliphatic rings. The molecule has 2 fully saturated rings. The average Bonchev–Trinajstić information content (AvgIpc) is 3.03. The zero-order chi connectivity index (χ0) is 11.4. The monoisotopic (exact) mass is 231 g/mol. The van der Waals surface area contributed by atoms with Crippen molar-refractivity contribution in [2.75, 3.05) is 11.9 Å². The van der Waals surface area contributed by atoms with Gasteiger partial charge in [0.1, 0.15) is 5.82 Å². The first-order chi connectivity index (χ1) is 8.33. The minimum atomic E-state index is -0.0758. The summed E-state index contributed by atoms with van der Waals surface area (Å²) < 4.78 is 13.7. The van der Waals surface area contributed by atoms with Gasteiger partial charge in [0.05, 0.1) is 5.69 Å². The Hall–Kier alpha value is -1.05. The minimum absolute atomic E-state index is 0.0758. The molecule has 1 N–H and O–H groups in total. The summed E-state index contributed by atoms with van der Waals surface area (Å²) in [5.74, 6) is 3.19. The van der Waals surface area contributed by atoms with Crippen LogP contribution in [0.4, 0.5) is 10.1 Å². The molecule has 2 saturated carbocycles. The van der Waals surface area contributed by atoms with E-state index in [-0.39, 0.29) is 5.82 Å². The molecule has 90 valence electrons. The largest absolute Gasteiger partial charge is 0.382 e. The van der Waals surface area contributed by atoms with Crippen LogP contribution in [-0.2, 0) is 0 Å². The maximum Gasteiger partial charge on any atom is 0.146 e. The van der Waals surface area contributed by atoms with Crippen LogP contribution < -0.4 is 5.32 Å². The van der Waals surface area contributed by atoms with E-state index in [2.05, 4.69) is 11.4 Å². The van der Waals surface area contributed by atoms with Crippen molar-refractivity contribution in [3.05, 3.63) is 29.6 Å². The number of halogens is 1. The molecule has 2 aliphatic carbocycles. The number of nitrogens with one attached hydrogen (secondary N) is 1. The fourth-order valence-electron chi connectivity index (χ4n) is 4.53. The molecule has 0 saturated heterocycles. The normalized spacial score (nSPS) is 38.2. The third-order valence-corrected chi connectivity index (χ3v) is 5.25. The Morgan fingerprint density at radius 1 is 1.18 bits per heavy atom. The standard InChI is InChI=1S/C15H18FN/c16-14-3-1-2-11-13(8-17-15(11)14)12-7-9-4-5-10(12)6-9/h1-3,9-10,12-13,17H,4-8H2. The number of hydrogen-bond donors (Lipinski definition) is 1. The van der Waals surface area contributed by atoms with Gasteiger partial charge in [-0.25, -0.2) is 4.39 Å². The van der Waals surface area contributed by atoms with Gasteiger partial charge in [-0.2, -0.15) is 0 Å². The van der Waals surface area contributed by atoms with Crippen molar-refractivity contribution in [2.45, 2.75) is 31.6 Å². The average molecular weight is 231 g/mol. The van der Waals surface area contributed by atoms with Gasteiger partial charge in [-0.15, -0.1) is 0 Å². The maximum absolute atomic E-state index is 13.7. The third-order valence-electron chi connectivity index (χ3n) is 5.25. The zero-order valence-electron chi connectivity index (χ0n) is 9.95. The highest BCUT2D eigenvalue weighted by atomic mass is 19.1. The molecule has 2 bridgehead atoms. The Bertz CT molecular complexity index is 456. The molecule has 4 rings (SSSR count). The molecule has 1 aromatic rings. The van der Waals surface area contributed by atoms with E-state index in [4.69, 9.17) is 0 Å². The summed E-state index contributed by atoms with van der Waals surface area (Å²) in [6.45, 7) is 0.949. The van der Waals surface area contributed by atoms with Crippen molar-refractivity contribution in [3.63, 3.8) is 0 Å². The second-order valence-electron chi connectivity index (χ2n) is 6.03. The molecule has 17 heavy (non-hydrogen) atoms. The van der Waals surface area contributed by atoms with Gasteiger partial charge in [-0.1, -0.05) is 18.6 Å². The molecule has 1 aromatic carbocycles. The third kappa shape index (κ3) is 1.36. The van der Waals surface area contributed by atoms with Crippen LogP contribution >= 0.6 is 0 Å². The van der Waals surface area contributed by atoms with Gasteiger partial charge in [-0.3, -0.25) is 0 Å². The van der Waals surface area contributed by atoms with Crippen LogP contribution in [0.3, 0.4) is 0 Å². The van der Waals surface area contributed by atoms with Gasteiger partial charge in [0.25, 0.3) is 0 Å². The number of para-hydroxylation sites is 1. The molecule has 0 spiro atoms. The van der Waals surface area contributed by atoms with Gasteiger partial charge in [-0.05, 0) is 48.6 Å². The molecule has 4 unspecified atom stereocenters. The van der Waals surface area contributed by atoms with E-state index in [0.29, 0.717) is 5.92 Å². The van der Waals surface area contributed by atoms with E-state index < -0.39 is 0 Å². The fourth-order valence-corrected chi connectivity index (χ4v) is 4.53. The van der Waals surface area contributed by atoms with E-state index in [1.54, 1.807) is 6.07 Å². The van der Waals surface area contributed by atoms with Crippen molar-refractivity contribution in [1.29, 1.82) is 0 Å². The number of anilines is 1. The van der Waals surface area contributed by atoms with E-state index in [1.165, 1.54) is 31.2 Å². The molecule has 1 nitrogen and oxygen atoms in total. The molecule has 4 atom stereocenters. The molecular weight excluding hydrogens is 213 g/mol. The van der Waals surface area contributed by atoms with Crippen molar-refractivity contribution in [2.24, 2.45) is 17.8 Å². The number of fused-ring (bicyclic) bond motifs is 3. The minimum Gasteiger partial charge on any atom is -0.382 e. The van der Waals surface area contributed by atoms with E-state index >= 15 is 0 Å². The van der Waals surface area contributed by atoms with Crippen LogP contribution in [0.5, 0.6) is 0 Å². The number of hydrogen-bond acceptors (Lipinski definition) is 1. The van der Waals surface area contributed by atoms with Crippen LogP contribution in [0.1, 0.15) is 37.2 Å². The number of benzene rings is 1. The Morgan fingerprint density at radius 3 is 2.88 bits per heavy atom. The van der Waals surface area contributed by atoms with Crippen molar-refractivity contribution in [1.82, 2.24) is 0 Å². The van der Waals surface area contributed by atoms with Crippen molar-refractivity contribution in [3.8, 4) is 0 Å². The lowest BCUT2D eigenvalue weighted by atomic mass is 9.77. The Balaban J connectivity index is 1.68. The van der Waals surface area contributed by atoms with Crippen LogP contribution in [0.2, 0.25) is 0 Å². The first-order valence-electron chi connectivity index (χ1n) is 6.85. The lowest BCUT2D eigenvalue weighted by molar-refractivity contribution is 0.292. The molecule has 1 heterocycles. The van der Waals surface area contributed by atoms with Gasteiger partial charge in [0.2, 0.25) is 0 Å². The molecule has 2 heteroatoms. The lowest BCUT2D eigenvalue weighted by Gasteiger charge is -2.27. The first-order valence-corrected chi connectivity index (χ1v) is 6.85. The smallest absolute Gasteiger partial charge is 0.146 e. The van der Waals surface area contributed by atoms with Crippen molar-refractivity contribution >= 4 is 5.69 Å². The topological polar surface area (TPSA) is 12.0 Å². The van der Waals surface area contributed by atoms with Gasteiger partial charge < -0.3 is 5.32 Å². The highest BCUT2D eigenvalue weighted by Gasteiger charge is 2.45. The van der Waals surface area contributed by atoms with Gasteiger partial charge in [0, 0.05) is 12.5 Å². The van der Waals surface area contributed by atoms with Crippen molar-refractivity contribution < 1.29 is 4.39 Å². The van der Waals surface area contributed by atoms with Gasteiger partial charge in [0.15, 0.2) is 0 Å². The summed E-state index contributed by atoms with van der Waals surface area (Å²) in [6.07, 6.45) is 5.67. The summed E-state index contributed by atoms with van der Waals surface area (Å²) in [5.41, 5.74) is 2.02. The highest BCUT2D eigenvalue weighted by molar-refractivity contribution is 5.59. The Kier molecular flexibility index (Phi) is 2.03. The second-order valence-corrected chi connectivity index (χ2v) is 6.03. The van der Waals surface area contributed by atoms with Crippen LogP contribution in [0.15, 0.2) is 18.2 Å². The number of rotatable bonds is 1. The maximum atomic E-state index is 13.7. The summed E-state index contributed by atoms with van der Waals surface area (Å²) >= 11 is 0. The van der Waals surface area contributed by atoms with E-state index in [9.17, 15) is 4.39 Å². The van der Waals surface area contributed by atoms with Crippen LogP contribution in [0.25, 0.3) is 0 Å². The Morgan fingerprint density at radius 2 is 2.12 bits per heavy atom. The molecule has 0 radical (unpaired) electrons. The van der Waals surface area contributed by atoms with E-state index in [1.807, 2.05) is 6.07 Å². The quantitative estimate of drug-likeness (QED) is 0.775. The molecule has 0 aromatic heterocycles. The molecular formula is C15H18FN. The highest BCUT2D eigenvalue weighted by Crippen LogP contribution is 2.55. The molecule has 0 amide bonds. The van der Waals surface area contributed by atoms with Crippen LogP contribution in [-0.4, -0.2) is 6.54 Å². The lowest BCUT2D eigenvalue weighted by Crippen LogP contribution is -2.20. The van der Waals surface area contributed by atoms with Crippen LogP contribution in [0, 0.1) is 23.6 Å². The summed E-state index contributed by atoms with van der Waals surface area (Å²) in [7, 11) is 0. The fraction of sp³-hybridized carbons (Fsp3) is 0.600. The predicted molar refractivity (Wildman–Crippen MR) is 66.6 cm³/mol. The summed E-state index contributed by atoms with van der Waals surface area (Å²) in [6, 6.07) is 5.55. The summed E-state index contributed by atoms with van der Waals surface area (Å²) in [4.78, 5) is 0. The predicted octanol–water partition coefficient (Wildman–Crippen LogP) is 3.77. The van der Waals surface area contributed by atoms with E-state index in [0.717, 1.165) is 30.0 Å². The second kappa shape index (κ2) is 3.47.